The number of hydrogen-bond acceptors (Lipinski definition) is 4. The van der Waals surface area contributed by atoms with Crippen molar-refractivity contribution in [2.45, 2.75) is 38.9 Å². The molecule has 1 rings (SSSR count). The van der Waals surface area contributed by atoms with Gasteiger partial charge in [0.2, 0.25) is 6.29 Å². The maximum absolute atomic E-state index is 11.1. The van der Waals surface area contributed by atoms with Gasteiger partial charge in [0.05, 0.1) is 18.6 Å². The molecule has 4 heteroatoms. The van der Waals surface area contributed by atoms with Crippen molar-refractivity contribution >= 4 is 5.97 Å². The molecule has 0 amide bonds. The third-order valence-electron chi connectivity index (χ3n) is 2.15. The SMILES string of the molecule is CCCC(=O)OC1CC(C#N)CCO1. The number of nitrogens with zero attached hydrogens (tertiary/aromatic N) is 1. The quantitative estimate of drug-likeness (QED) is 0.645. The lowest BCUT2D eigenvalue weighted by atomic mass is 10.0. The molecule has 2 atom stereocenters. The first-order valence-electron chi connectivity index (χ1n) is 4.97. The van der Waals surface area contributed by atoms with Gasteiger partial charge in [0.25, 0.3) is 0 Å². The van der Waals surface area contributed by atoms with E-state index in [9.17, 15) is 4.79 Å². The van der Waals surface area contributed by atoms with E-state index in [0.717, 1.165) is 12.8 Å². The Kier molecular flexibility index (Phi) is 4.41. The summed E-state index contributed by atoms with van der Waals surface area (Å²) in [5.74, 6) is -0.278. The van der Waals surface area contributed by atoms with Crippen LogP contribution in [0.5, 0.6) is 0 Å². The second kappa shape index (κ2) is 5.61. The summed E-state index contributed by atoms with van der Waals surface area (Å²) in [6.45, 7) is 2.42. The molecule has 1 saturated heterocycles. The summed E-state index contributed by atoms with van der Waals surface area (Å²) >= 11 is 0. The Balaban J connectivity index is 2.31. The van der Waals surface area contributed by atoms with E-state index < -0.39 is 6.29 Å². The third-order valence-corrected chi connectivity index (χ3v) is 2.15. The lowest BCUT2D eigenvalue weighted by Crippen LogP contribution is -2.29. The molecule has 0 aromatic carbocycles. The first-order chi connectivity index (χ1) is 6.76. The van der Waals surface area contributed by atoms with Crippen LogP contribution in [-0.2, 0) is 14.3 Å². The molecular formula is C10H15NO3. The molecule has 0 spiro atoms. The monoisotopic (exact) mass is 197 g/mol. The van der Waals surface area contributed by atoms with Crippen molar-refractivity contribution in [2.24, 2.45) is 5.92 Å². The molecule has 0 bridgehead atoms. The molecule has 0 aromatic rings. The highest BCUT2D eigenvalue weighted by molar-refractivity contribution is 5.69. The Hall–Kier alpha value is -1.08. The number of ether oxygens (including phenoxy) is 2. The van der Waals surface area contributed by atoms with Crippen molar-refractivity contribution < 1.29 is 14.3 Å². The molecule has 78 valence electrons. The van der Waals surface area contributed by atoms with Gasteiger partial charge in [-0.1, -0.05) is 6.92 Å². The minimum Gasteiger partial charge on any atom is -0.436 e. The molecule has 1 fully saturated rings. The van der Waals surface area contributed by atoms with Crippen LogP contribution in [0.15, 0.2) is 0 Å². The molecule has 0 saturated carbocycles. The summed E-state index contributed by atoms with van der Waals surface area (Å²) in [4.78, 5) is 11.1. The highest BCUT2D eigenvalue weighted by atomic mass is 16.7. The van der Waals surface area contributed by atoms with Crippen molar-refractivity contribution in [1.29, 1.82) is 5.26 Å². The largest absolute Gasteiger partial charge is 0.436 e. The first kappa shape index (κ1) is 11.0. The molecule has 0 radical (unpaired) electrons. The summed E-state index contributed by atoms with van der Waals surface area (Å²) in [6.07, 6.45) is 1.92. The number of hydrogen-bond donors (Lipinski definition) is 0. The molecule has 0 aromatic heterocycles. The van der Waals surface area contributed by atoms with Crippen LogP contribution >= 0.6 is 0 Å². The Morgan fingerprint density at radius 3 is 3.14 bits per heavy atom. The first-order valence-corrected chi connectivity index (χ1v) is 4.97. The summed E-state index contributed by atoms with van der Waals surface area (Å²) < 4.78 is 10.3. The minimum atomic E-state index is -0.507. The summed E-state index contributed by atoms with van der Waals surface area (Å²) in [5.41, 5.74) is 0. The van der Waals surface area contributed by atoms with Gasteiger partial charge in [-0.2, -0.15) is 5.26 Å². The fourth-order valence-corrected chi connectivity index (χ4v) is 1.37. The Labute approximate surface area is 83.8 Å². The fourth-order valence-electron chi connectivity index (χ4n) is 1.37. The van der Waals surface area contributed by atoms with Crippen molar-refractivity contribution in [3.63, 3.8) is 0 Å². The van der Waals surface area contributed by atoms with Crippen LogP contribution in [0.1, 0.15) is 32.6 Å². The molecule has 4 nitrogen and oxygen atoms in total. The van der Waals surface area contributed by atoms with Crippen LogP contribution < -0.4 is 0 Å². The van der Waals surface area contributed by atoms with Crippen LogP contribution in [0.2, 0.25) is 0 Å². The van der Waals surface area contributed by atoms with Gasteiger partial charge in [0.1, 0.15) is 0 Å². The average Bonchev–Trinajstić information content (AvgIpc) is 2.18. The van der Waals surface area contributed by atoms with E-state index in [1.807, 2.05) is 6.92 Å². The summed E-state index contributed by atoms with van der Waals surface area (Å²) in [5, 5.41) is 8.70. The lowest BCUT2D eigenvalue weighted by Gasteiger charge is -2.25. The van der Waals surface area contributed by atoms with Crippen molar-refractivity contribution in [3.05, 3.63) is 0 Å². The van der Waals surface area contributed by atoms with E-state index in [-0.39, 0.29) is 11.9 Å². The van der Waals surface area contributed by atoms with Crippen LogP contribution in [0, 0.1) is 17.2 Å². The van der Waals surface area contributed by atoms with E-state index in [4.69, 9.17) is 14.7 Å². The van der Waals surface area contributed by atoms with E-state index in [2.05, 4.69) is 6.07 Å². The summed E-state index contributed by atoms with van der Waals surface area (Å²) in [7, 11) is 0. The van der Waals surface area contributed by atoms with Crippen LogP contribution in [0.25, 0.3) is 0 Å². The average molecular weight is 197 g/mol. The second-order valence-corrected chi connectivity index (χ2v) is 3.39. The lowest BCUT2D eigenvalue weighted by molar-refractivity contribution is -0.189. The third kappa shape index (κ3) is 3.35. The van der Waals surface area contributed by atoms with Crippen molar-refractivity contribution in [2.75, 3.05) is 6.61 Å². The highest BCUT2D eigenvalue weighted by Crippen LogP contribution is 2.20. The standard InChI is InChI=1S/C10H15NO3/c1-2-3-9(12)14-10-6-8(7-11)4-5-13-10/h8,10H,2-6H2,1H3. The molecular weight excluding hydrogens is 182 g/mol. The van der Waals surface area contributed by atoms with Gasteiger partial charge in [-0.05, 0) is 12.8 Å². The number of esters is 1. The van der Waals surface area contributed by atoms with Crippen molar-refractivity contribution in [1.82, 2.24) is 0 Å². The topological polar surface area (TPSA) is 59.3 Å². The van der Waals surface area contributed by atoms with Gasteiger partial charge in [-0.15, -0.1) is 0 Å². The maximum atomic E-state index is 11.1. The summed E-state index contributed by atoms with van der Waals surface area (Å²) in [6, 6.07) is 2.17. The molecule has 1 aliphatic heterocycles. The van der Waals surface area contributed by atoms with Gasteiger partial charge < -0.3 is 9.47 Å². The van der Waals surface area contributed by atoms with Gasteiger partial charge in [-0.25, -0.2) is 0 Å². The van der Waals surface area contributed by atoms with E-state index >= 15 is 0 Å². The zero-order valence-electron chi connectivity index (χ0n) is 8.36. The normalized spacial score (nSPS) is 26.6. The van der Waals surface area contributed by atoms with Gasteiger partial charge in [-0.3, -0.25) is 4.79 Å². The molecule has 0 N–H and O–H groups in total. The van der Waals surface area contributed by atoms with Gasteiger partial charge in [0.15, 0.2) is 0 Å². The number of nitriles is 1. The van der Waals surface area contributed by atoms with Crippen LogP contribution in [0.3, 0.4) is 0 Å². The molecule has 0 aliphatic carbocycles. The maximum Gasteiger partial charge on any atom is 0.308 e. The molecule has 1 heterocycles. The Morgan fingerprint density at radius 1 is 1.71 bits per heavy atom. The number of carbonyl (C=O) groups is 1. The number of rotatable bonds is 3. The van der Waals surface area contributed by atoms with E-state index in [0.29, 0.717) is 19.4 Å². The zero-order chi connectivity index (χ0) is 10.4. The minimum absolute atomic E-state index is 0.0387. The van der Waals surface area contributed by atoms with Crippen molar-refractivity contribution in [3.8, 4) is 6.07 Å². The molecule has 1 aliphatic rings. The number of carbonyl (C=O) groups excluding carboxylic acids is 1. The zero-order valence-corrected chi connectivity index (χ0v) is 8.36. The molecule has 14 heavy (non-hydrogen) atoms. The van der Waals surface area contributed by atoms with Crippen LogP contribution in [-0.4, -0.2) is 18.9 Å². The van der Waals surface area contributed by atoms with Gasteiger partial charge in [0, 0.05) is 12.8 Å². The predicted octanol–water partition coefficient (Wildman–Crippen LogP) is 1.61. The smallest absolute Gasteiger partial charge is 0.308 e. The van der Waals surface area contributed by atoms with E-state index in [1.165, 1.54) is 0 Å². The van der Waals surface area contributed by atoms with Gasteiger partial charge >= 0.3 is 5.97 Å². The van der Waals surface area contributed by atoms with Crippen LogP contribution in [0.4, 0.5) is 0 Å². The Bertz CT molecular complexity index is 234. The fraction of sp³-hybridized carbons (Fsp3) is 0.800. The second-order valence-electron chi connectivity index (χ2n) is 3.39. The molecule has 2 unspecified atom stereocenters. The van der Waals surface area contributed by atoms with E-state index in [1.54, 1.807) is 0 Å². The predicted molar refractivity (Wildman–Crippen MR) is 49.1 cm³/mol. The highest BCUT2D eigenvalue weighted by Gasteiger charge is 2.24. The Morgan fingerprint density at radius 2 is 2.50 bits per heavy atom.